The second-order valence-electron chi connectivity index (χ2n) is 7.57. The summed E-state index contributed by atoms with van der Waals surface area (Å²) in [5.41, 5.74) is 2.40. The Labute approximate surface area is 178 Å². The topological polar surface area (TPSA) is 24.5 Å². The average Bonchev–Trinajstić information content (AvgIpc) is 2.88. The fourth-order valence-corrected chi connectivity index (χ4v) is 5.08. The first-order chi connectivity index (χ1) is 13.6. The van der Waals surface area contributed by atoms with Crippen molar-refractivity contribution in [3.8, 4) is 5.75 Å². The molecular weight excluding hydrogens is 388 g/mol. The van der Waals surface area contributed by atoms with Gasteiger partial charge in [0.2, 0.25) is 0 Å². The average molecular weight is 419 g/mol. The molecule has 0 atom stereocenters. The summed E-state index contributed by atoms with van der Waals surface area (Å²) in [5.74, 6) is 0.720. The second-order valence-corrected chi connectivity index (χ2v) is 8.82. The van der Waals surface area contributed by atoms with Crippen LogP contribution in [0.15, 0.2) is 47.4 Å². The Kier molecular flexibility index (Phi) is 7.55. The van der Waals surface area contributed by atoms with Gasteiger partial charge in [0.15, 0.2) is 0 Å². The molecule has 2 aromatic rings. The number of fused-ring (bicyclic) bond motifs is 1. The van der Waals surface area contributed by atoms with Gasteiger partial charge in [-0.05, 0) is 49.1 Å². The maximum Gasteiger partial charge on any atom is 0.138 e. The van der Waals surface area contributed by atoms with Crippen molar-refractivity contribution in [1.29, 1.82) is 0 Å². The first kappa shape index (κ1) is 21.4. The molecule has 3 rings (SSSR count). The van der Waals surface area contributed by atoms with E-state index in [1.165, 1.54) is 44.2 Å². The monoisotopic (exact) mass is 418 g/mol. The number of rotatable bonds is 8. The van der Waals surface area contributed by atoms with Gasteiger partial charge >= 0.3 is 0 Å². The van der Waals surface area contributed by atoms with E-state index in [4.69, 9.17) is 16.3 Å². The molecule has 0 fully saturated rings. The first-order valence-corrected chi connectivity index (χ1v) is 11.5. The number of benzene rings is 2. The van der Waals surface area contributed by atoms with E-state index in [-0.39, 0.29) is 5.54 Å². The summed E-state index contributed by atoms with van der Waals surface area (Å²) in [6.07, 6.45) is 7.19. The molecule has 2 aromatic carbocycles. The van der Waals surface area contributed by atoms with Gasteiger partial charge in [0.25, 0.3) is 0 Å². The Balaban J connectivity index is 2.07. The van der Waals surface area contributed by atoms with Crippen LogP contribution in [0.3, 0.4) is 0 Å². The van der Waals surface area contributed by atoms with E-state index < -0.39 is 0 Å². The summed E-state index contributed by atoms with van der Waals surface area (Å²) >= 11 is 8.25. The number of hydrogen-bond acceptors (Lipinski definition) is 4. The summed E-state index contributed by atoms with van der Waals surface area (Å²) in [6, 6.07) is 14.7. The van der Waals surface area contributed by atoms with Gasteiger partial charge in [0.05, 0.1) is 22.7 Å². The maximum atomic E-state index is 6.52. The Morgan fingerprint density at radius 1 is 1.11 bits per heavy atom. The quantitative estimate of drug-likeness (QED) is 0.457. The van der Waals surface area contributed by atoms with E-state index in [1.807, 2.05) is 6.07 Å². The second kappa shape index (κ2) is 9.91. The number of hydrogen-bond donors (Lipinski definition) is 1. The number of ether oxygens (including phenoxy) is 1. The SMILES string of the molecule is CCCCC1(CCCC)CN(c2ccccc2)c2cc(Cl)c(OC)cc2SN1. The molecule has 0 spiro atoms. The standard InChI is InChI=1S/C23H31ClN2OS/c1-4-6-13-23(14-7-5-2)17-26(18-11-9-8-10-12-18)20-15-19(24)21(27-3)16-22(20)28-25-23/h8-12,15-16,25H,4-7,13-14,17H2,1-3H3. The Morgan fingerprint density at radius 3 is 2.39 bits per heavy atom. The van der Waals surface area contributed by atoms with E-state index in [1.54, 1.807) is 19.1 Å². The Morgan fingerprint density at radius 2 is 1.79 bits per heavy atom. The van der Waals surface area contributed by atoms with Crippen LogP contribution >= 0.6 is 23.5 Å². The van der Waals surface area contributed by atoms with Crippen LogP contribution in [0.1, 0.15) is 52.4 Å². The van der Waals surface area contributed by atoms with E-state index >= 15 is 0 Å². The van der Waals surface area contributed by atoms with Gasteiger partial charge in [0, 0.05) is 17.8 Å². The highest BCUT2D eigenvalue weighted by atomic mass is 35.5. The summed E-state index contributed by atoms with van der Waals surface area (Å²) in [6.45, 7) is 5.47. The van der Waals surface area contributed by atoms with Crippen molar-refractivity contribution in [1.82, 2.24) is 4.72 Å². The van der Waals surface area contributed by atoms with Crippen molar-refractivity contribution < 1.29 is 4.74 Å². The minimum atomic E-state index is 0.0608. The van der Waals surface area contributed by atoms with E-state index in [2.05, 4.69) is 59.9 Å². The number of halogens is 1. The van der Waals surface area contributed by atoms with Gasteiger partial charge in [-0.1, -0.05) is 69.3 Å². The molecule has 5 heteroatoms. The van der Waals surface area contributed by atoms with Gasteiger partial charge in [-0.25, -0.2) is 0 Å². The molecule has 0 amide bonds. The molecule has 0 bridgehead atoms. The molecule has 152 valence electrons. The highest BCUT2D eigenvalue weighted by Gasteiger charge is 2.36. The summed E-state index contributed by atoms with van der Waals surface area (Å²) in [7, 11) is 1.67. The zero-order valence-corrected chi connectivity index (χ0v) is 18.7. The molecule has 1 N–H and O–H groups in total. The van der Waals surface area contributed by atoms with E-state index in [0.717, 1.165) is 22.9 Å². The van der Waals surface area contributed by atoms with Crippen LogP contribution in [0, 0.1) is 0 Å². The molecule has 0 unspecified atom stereocenters. The van der Waals surface area contributed by atoms with Crippen molar-refractivity contribution in [2.24, 2.45) is 0 Å². The molecule has 0 aromatic heterocycles. The van der Waals surface area contributed by atoms with Crippen molar-refractivity contribution >= 4 is 34.9 Å². The van der Waals surface area contributed by atoms with Crippen LogP contribution in [-0.4, -0.2) is 19.2 Å². The number of methoxy groups -OCH3 is 1. The zero-order chi connectivity index (χ0) is 20.0. The fourth-order valence-electron chi connectivity index (χ4n) is 3.81. The zero-order valence-electron chi connectivity index (χ0n) is 17.1. The van der Waals surface area contributed by atoms with Crippen LogP contribution in [0.2, 0.25) is 5.02 Å². The largest absolute Gasteiger partial charge is 0.495 e. The lowest BCUT2D eigenvalue weighted by Crippen LogP contribution is -2.49. The van der Waals surface area contributed by atoms with Crippen LogP contribution in [0.25, 0.3) is 0 Å². The van der Waals surface area contributed by atoms with Crippen LogP contribution < -0.4 is 14.4 Å². The number of para-hydroxylation sites is 1. The summed E-state index contributed by atoms with van der Waals surface area (Å²) < 4.78 is 9.35. The third-order valence-electron chi connectivity index (χ3n) is 5.45. The van der Waals surface area contributed by atoms with Crippen LogP contribution in [0.5, 0.6) is 5.75 Å². The number of unbranched alkanes of at least 4 members (excludes halogenated alkanes) is 2. The van der Waals surface area contributed by atoms with Gasteiger partial charge < -0.3 is 9.64 Å². The highest BCUT2D eigenvalue weighted by Crippen LogP contribution is 2.45. The molecule has 1 aliphatic rings. The fraction of sp³-hybridized carbons (Fsp3) is 0.478. The molecule has 28 heavy (non-hydrogen) atoms. The Hall–Kier alpha value is -1.36. The number of nitrogens with zero attached hydrogens (tertiary/aromatic N) is 1. The molecule has 1 aliphatic heterocycles. The normalized spacial score (nSPS) is 15.8. The predicted octanol–water partition coefficient (Wildman–Crippen LogP) is 7.22. The van der Waals surface area contributed by atoms with Crippen molar-refractivity contribution in [3.05, 3.63) is 47.5 Å². The molecule has 0 aliphatic carbocycles. The van der Waals surface area contributed by atoms with Crippen LogP contribution in [-0.2, 0) is 0 Å². The molecular formula is C23H31ClN2OS. The maximum absolute atomic E-state index is 6.52. The number of anilines is 2. The summed E-state index contributed by atoms with van der Waals surface area (Å²) in [5, 5.41) is 0.650. The third-order valence-corrected chi connectivity index (χ3v) is 6.83. The molecule has 0 radical (unpaired) electrons. The highest BCUT2D eigenvalue weighted by molar-refractivity contribution is 7.97. The van der Waals surface area contributed by atoms with Gasteiger partial charge in [-0.2, -0.15) is 0 Å². The van der Waals surface area contributed by atoms with Gasteiger partial charge in [0.1, 0.15) is 5.75 Å². The van der Waals surface area contributed by atoms with Gasteiger partial charge in [-0.15, -0.1) is 0 Å². The lowest BCUT2D eigenvalue weighted by atomic mass is 9.87. The van der Waals surface area contributed by atoms with E-state index in [9.17, 15) is 0 Å². The predicted molar refractivity (Wildman–Crippen MR) is 122 cm³/mol. The molecule has 3 nitrogen and oxygen atoms in total. The summed E-state index contributed by atoms with van der Waals surface area (Å²) in [4.78, 5) is 3.58. The van der Waals surface area contributed by atoms with Crippen molar-refractivity contribution in [3.63, 3.8) is 0 Å². The lowest BCUT2D eigenvalue weighted by Gasteiger charge is -2.38. The minimum Gasteiger partial charge on any atom is -0.495 e. The molecule has 0 saturated heterocycles. The Bertz CT molecular complexity index is 761. The first-order valence-electron chi connectivity index (χ1n) is 10.3. The third kappa shape index (κ3) is 4.79. The van der Waals surface area contributed by atoms with Crippen molar-refractivity contribution in [2.45, 2.75) is 62.8 Å². The molecule has 1 heterocycles. The smallest absolute Gasteiger partial charge is 0.138 e. The lowest BCUT2D eigenvalue weighted by molar-refractivity contribution is 0.329. The van der Waals surface area contributed by atoms with E-state index in [0.29, 0.717) is 5.02 Å². The number of nitrogens with one attached hydrogen (secondary N) is 1. The van der Waals surface area contributed by atoms with Gasteiger partial charge in [-0.3, -0.25) is 4.72 Å². The molecule has 0 saturated carbocycles. The minimum absolute atomic E-state index is 0.0608. The van der Waals surface area contributed by atoms with Crippen molar-refractivity contribution in [2.75, 3.05) is 18.6 Å². The van der Waals surface area contributed by atoms with Crippen LogP contribution in [0.4, 0.5) is 11.4 Å².